The van der Waals surface area contributed by atoms with Crippen LogP contribution in [0.4, 0.5) is 0 Å². The molecule has 3 aromatic heterocycles. The van der Waals surface area contributed by atoms with Gasteiger partial charge < -0.3 is 0 Å². The Hall–Kier alpha value is 1.06. The lowest BCUT2D eigenvalue weighted by Gasteiger charge is -1.83. The minimum absolute atomic E-state index is 1.18. The number of rotatable bonds is 0. The number of hydrogen-bond donors (Lipinski definition) is 0. The largest absolute Gasteiger partial charge is 0.117 e. The molecule has 0 unspecified atom stereocenters. The van der Waals surface area contributed by atoms with Crippen LogP contribution in [0.1, 0.15) is 0 Å². The fourth-order valence-corrected chi connectivity index (χ4v) is 7.86. The van der Waals surface area contributed by atoms with Gasteiger partial charge in [-0.3, -0.25) is 0 Å². The molecule has 3 heterocycles. The summed E-state index contributed by atoms with van der Waals surface area (Å²) in [6.07, 6.45) is 0. The van der Waals surface area contributed by atoms with E-state index in [-0.39, 0.29) is 0 Å². The Balaban J connectivity index is 2.59. The van der Waals surface area contributed by atoms with Crippen molar-refractivity contribution in [1.82, 2.24) is 0 Å². The predicted octanol–water partition coefficient (Wildman–Crippen LogP) is 6.47. The first-order chi connectivity index (χ1) is 6.66. The molecule has 3 aromatic rings. The molecule has 0 N–H and O–H groups in total. The summed E-state index contributed by atoms with van der Waals surface area (Å²) >= 11 is 16.2. The van der Waals surface area contributed by atoms with Gasteiger partial charge >= 0.3 is 0 Å². The van der Waals surface area contributed by atoms with Gasteiger partial charge in [-0.25, -0.2) is 0 Å². The minimum atomic E-state index is 1.18. The second-order valence-corrected chi connectivity index (χ2v) is 9.81. The second kappa shape index (κ2) is 3.53. The van der Waals surface area contributed by atoms with Gasteiger partial charge in [-0.15, -0.1) is 34.0 Å². The molecule has 72 valence electrons. The van der Waals surface area contributed by atoms with Gasteiger partial charge in [0, 0.05) is 10.8 Å². The van der Waals surface area contributed by atoms with Gasteiger partial charge in [0.2, 0.25) is 0 Å². The lowest BCUT2D eigenvalue weighted by Crippen LogP contribution is -1.56. The maximum atomic E-state index is 3.62. The van der Waals surface area contributed by atoms with Crippen LogP contribution in [0.3, 0.4) is 0 Å². The van der Waals surface area contributed by atoms with Crippen molar-refractivity contribution in [3.63, 3.8) is 0 Å². The van der Waals surface area contributed by atoms with Crippen LogP contribution in [0, 0.1) is 0 Å². The number of fused-ring (bicyclic) bond motifs is 3. The van der Waals surface area contributed by atoms with Crippen LogP contribution in [0.15, 0.2) is 18.1 Å². The Morgan fingerprint density at radius 1 is 0.929 bits per heavy atom. The summed E-state index contributed by atoms with van der Waals surface area (Å²) in [4.78, 5) is 0. The van der Waals surface area contributed by atoms with E-state index < -0.39 is 0 Å². The molecule has 0 fully saturated rings. The number of thiophene rings is 3. The van der Waals surface area contributed by atoms with Crippen molar-refractivity contribution in [2.24, 2.45) is 0 Å². The summed E-state index contributed by atoms with van der Waals surface area (Å²) in [7, 11) is 0. The van der Waals surface area contributed by atoms with Crippen LogP contribution in [0.25, 0.3) is 18.8 Å². The Kier molecular flexibility index (Phi) is 2.58. The van der Waals surface area contributed by atoms with Crippen molar-refractivity contribution in [1.29, 1.82) is 0 Å². The first-order valence-corrected chi connectivity index (χ1v) is 8.45. The van der Waals surface area contributed by atoms with Crippen molar-refractivity contribution < 1.29 is 0 Å². The van der Waals surface area contributed by atoms with Crippen LogP contribution in [0.5, 0.6) is 0 Å². The fourth-order valence-electron chi connectivity index (χ4n) is 1.34. The van der Waals surface area contributed by atoms with Gasteiger partial charge in [-0.1, -0.05) is 0 Å². The fraction of sp³-hybridized carbons (Fsp3) is 0. The average molecular weight is 433 g/mol. The van der Waals surface area contributed by atoms with Gasteiger partial charge in [0.15, 0.2) is 0 Å². The topological polar surface area (TPSA) is 0 Å². The quantitative estimate of drug-likeness (QED) is 0.382. The lowest BCUT2D eigenvalue weighted by atomic mass is 10.3. The van der Waals surface area contributed by atoms with Gasteiger partial charge in [-0.2, -0.15) is 0 Å². The molecular weight excluding hydrogens is 432 g/mol. The molecule has 0 spiro atoms. The van der Waals surface area contributed by atoms with E-state index in [0.717, 1.165) is 0 Å². The van der Waals surface area contributed by atoms with Crippen molar-refractivity contribution >= 4 is 101 Å². The first kappa shape index (κ1) is 10.2. The molecule has 6 heteroatoms. The van der Waals surface area contributed by atoms with E-state index in [1.165, 1.54) is 30.8 Å². The highest BCUT2D eigenvalue weighted by molar-refractivity contribution is 9.13. The summed E-state index contributed by atoms with van der Waals surface area (Å²) in [6, 6.07) is 2.20. The van der Waals surface area contributed by atoms with Crippen LogP contribution in [0.2, 0.25) is 0 Å². The molecule has 14 heavy (non-hydrogen) atoms. The van der Waals surface area contributed by atoms with Crippen molar-refractivity contribution in [2.45, 2.75) is 0 Å². The zero-order valence-corrected chi connectivity index (χ0v) is 13.6. The molecule has 0 radical (unpaired) electrons. The zero-order valence-electron chi connectivity index (χ0n) is 6.44. The zero-order chi connectivity index (χ0) is 9.87. The Morgan fingerprint density at radius 2 is 1.71 bits per heavy atom. The molecule has 0 aliphatic carbocycles. The summed E-state index contributed by atoms with van der Waals surface area (Å²) in [5, 5.41) is 2.71. The highest BCUT2D eigenvalue weighted by atomic mass is 79.9. The molecule has 0 atom stereocenters. The van der Waals surface area contributed by atoms with E-state index in [0.29, 0.717) is 0 Å². The van der Waals surface area contributed by atoms with E-state index in [4.69, 9.17) is 0 Å². The van der Waals surface area contributed by atoms with Crippen molar-refractivity contribution in [3.05, 3.63) is 18.1 Å². The number of hydrogen-bond acceptors (Lipinski definition) is 3. The molecule has 0 saturated heterocycles. The maximum Gasteiger partial charge on any atom is 0.0910 e. The molecule has 3 rings (SSSR count). The van der Waals surface area contributed by atoms with Gasteiger partial charge in [0.1, 0.15) is 0 Å². The first-order valence-electron chi connectivity index (χ1n) is 3.62. The van der Waals surface area contributed by atoms with E-state index >= 15 is 0 Å². The van der Waals surface area contributed by atoms with E-state index in [2.05, 4.69) is 53.9 Å². The van der Waals surface area contributed by atoms with Crippen molar-refractivity contribution in [3.8, 4) is 0 Å². The predicted molar refractivity (Wildman–Crippen MR) is 78.2 cm³/mol. The molecule has 0 saturated carbocycles. The number of halogens is 3. The molecule has 0 nitrogen and oxygen atoms in total. The van der Waals surface area contributed by atoms with Crippen molar-refractivity contribution in [2.75, 3.05) is 0 Å². The molecule has 0 aliphatic heterocycles. The summed E-state index contributed by atoms with van der Waals surface area (Å²) in [5.41, 5.74) is 0. The van der Waals surface area contributed by atoms with E-state index in [1.54, 1.807) is 22.7 Å². The van der Waals surface area contributed by atoms with Crippen LogP contribution in [-0.4, -0.2) is 0 Å². The van der Waals surface area contributed by atoms with E-state index in [9.17, 15) is 0 Å². The summed E-state index contributed by atoms with van der Waals surface area (Å²) in [6.45, 7) is 0. The molecule has 0 amide bonds. The highest BCUT2D eigenvalue weighted by Gasteiger charge is 2.15. The highest BCUT2D eigenvalue weighted by Crippen LogP contribution is 2.50. The SMILES string of the molecule is Brc1cc2c(s1)sc1sc(Br)c(Br)c12. The average Bonchev–Trinajstić information content (AvgIpc) is 2.65. The monoisotopic (exact) mass is 430 g/mol. The normalized spacial score (nSPS) is 11.9. The van der Waals surface area contributed by atoms with Crippen LogP contribution in [-0.2, 0) is 0 Å². The Labute approximate surface area is 117 Å². The standard InChI is InChI=1S/C8HBr3S3/c9-3-1-2-4-5(10)6(11)13-8(4)14-7(2)12-3/h1H. The van der Waals surface area contributed by atoms with Gasteiger partial charge in [0.05, 0.1) is 20.1 Å². The summed E-state index contributed by atoms with van der Waals surface area (Å²) < 4.78 is 6.36. The third kappa shape index (κ3) is 1.38. The minimum Gasteiger partial charge on any atom is -0.117 e. The smallest absolute Gasteiger partial charge is 0.0910 e. The van der Waals surface area contributed by atoms with Crippen LogP contribution >= 0.6 is 81.8 Å². The molecular formula is C8HBr3S3. The third-order valence-corrected chi connectivity index (χ3v) is 8.37. The summed E-state index contributed by atoms with van der Waals surface area (Å²) in [5.74, 6) is 0. The molecule has 0 bridgehead atoms. The Bertz CT molecular complexity index is 631. The van der Waals surface area contributed by atoms with Gasteiger partial charge in [0.25, 0.3) is 0 Å². The second-order valence-electron chi connectivity index (χ2n) is 2.71. The maximum absolute atomic E-state index is 3.62. The van der Waals surface area contributed by atoms with E-state index in [1.807, 2.05) is 11.3 Å². The third-order valence-electron chi connectivity index (χ3n) is 1.90. The lowest BCUT2D eigenvalue weighted by molar-refractivity contribution is 1.95. The van der Waals surface area contributed by atoms with Gasteiger partial charge in [-0.05, 0) is 53.9 Å². The molecule has 0 aliphatic rings. The van der Waals surface area contributed by atoms with Crippen LogP contribution < -0.4 is 0 Å². The molecule has 0 aromatic carbocycles. The Morgan fingerprint density at radius 3 is 2.50 bits per heavy atom.